The van der Waals surface area contributed by atoms with E-state index in [1.807, 2.05) is 0 Å². The van der Waals surface area contributed by atoms with Gasteiger partial charge in [0.1, 0.15) is 0 Å². The van der Waals surface area contributed by atoms with Crippen LogP contribution in [0.3, 0.4) is 0 Å². The van der Waals surface area contributed by atoms with Gasteiger partial charge in [-0.15, -0.1) is 40.6 Å². The van der Waals surface area contributed by atoms with Crippen molar-refractivity contribution < 1.29 is 76.8 Å². The standard InChI is InChI=1S/C10H9.3BrH.Hf/c1-8-6-9-4-2-3-5-10(9)7-8;;;;/h2-7H,1H3;3*1H;/q-1;;;;+4/p-3. The van der Waals surface area contributed by atoms with Gasteiger partial charge in [0, 0.05) is 0 Å². The van der Waals surface area contributed by atoms with E-state index in [2.05, 4.69) is 43.3 Å². The summed E-state index contributed by atoms with van der Waals surface area (Å²) in [6.45, 7) is 2.12. The van der Waals surface area contributed by atoms with Gasteiger partial charge in [-0.25, -0.2) is 0 Å². The molecule has 0 aliphatic rings. The normalized spacial score (nSPS) is 7.50. The fourth-order valence-electron chi connectivity index (χ4n) is 1.31. The first-order valence-electron chi connectivity index (χ1n) is 3.48. The van der Waals surface area contributed by atoms with Crippen molar-refractivity contribution in [3.63, 3.8) is 0 Å². The summed E-state index contributed by atoms with van der Waals surface area (Å²) in [4.78, 5) is 0. The second kappa shape index (κ2) is 9.37. The third-order valence-electron chi connectivity index (χ3n) is 1.76. The minimum atomic E-state index is 0. The van der Waals surface area contributed by atoms with Crippen LogP contribution in [0, 0.1) is 6.92 Å². The van der Waals surface area contributed by atoms with E-state index < -0.39 is 0 Å². The average molecular weight is 547 g/mol. The number of benzene rings is 1. The number of halogens is 3. The molecule has 0 aromatic heterocycles. The van der Waals surface area contributed by atoms with Crippen molar-refractivity contribution in [3.8, 4) is 0 Å². The van der Waals surface area contributed by atoms with Gasteiger partial charge in [-0.2, -0.15) is 6.07 Å². The van der Waals surface area contributed by atoms with E-state index in [0.29, 0.717) is 0 Å². The second-order valence-electron chi connectivity index (χ2n) is 2.66. The molecule has 0 heterocycles. The zero-order chi connectivity index (χ0) is 6.97. The minimum Gasteiger partial charge on any atom is -1.00 e. The molecule has 0 bridgehead atoms. The number of hydrogen-bond acceptors (Lipinski definition) is 0. The van der Waals surface area contributed by atoms with Gasteiger partial charge in [-0.1, -0.05) is 13.0 Å². The summed E-state index contributed by atoms with van der Waals surface area (Å²) < 4.78 is 0. The Hall–Kier alpha value is 1.14. The average Bonchev–Trinajstić information content (AvgIpc) is 2.27. The van der Waals surface area contributed by atoms with E-state index in [0.717, 1.165) is 0 Å². The van der Waals surface area contributed by atoms with Gasteiger partial charge in [0.25, 0.3) is 0 Å². The smallest absolute Gasteiger partial charge is 1.00 e. The molecule has 0 nitrogen and oxygen atoms in total. The Morgan fingerprint density at radius 2 is 1.57 bits per heavy atom. The molecule has 0 atom stereocenters. The van der Waals surface area contributed by atoms with E-state index in [4.69, 9.17) is 0 Å². The molecule has 0 saturated carbocycles. The molecule has 74 valence electrons. The Kier molecular flexibility index (Phi) is 13.7. The summed E-state index contributed by atoms with van der Waals surface area (Å²) in [5, 5.41) is 2.69. The summed E-state index contributed by atoms with van der Waals surface area (Å²) >= 11 is 0. The summed E-state index contributed by atoms with van der Waals surface area (Å²) in [5.74, 6) is 0. The summed E-state index contributed by atoms with van der Waals surface area (Å²) in [6, 6.07) is 12.8. The predicted octanol–water partition coefficient (Wildman–Crippen LogP) is -6.12. The maximum atomic E-state index is 2.20. The third-order valence-corrected chi connectivity index (χ3v) is 1.76. The Morgan fingerprint density at radius 1 is 1.00 bits per heavy atom. The van der Waals surface area contributed by atoms with Gasteiger partial charge in [0.15, 0.2) is 0 Å². The molecule has 0 amide bonds. The van der Waals surface area contributed by atoms with Crippen molar-refractivity contribution in [2.45, 2.75) is 6.92 Å². The summed E-state index contributed by atoms with van der Waals surface area (Å²) in [7, 11) is 0. The zero-order valence-electron chi connectivity index (χ0n) is 7.60. The van der Waals surface area contributed by atoms with Crippen LogP contribution in [0.2, 0.25) is 0 Å². The van der Waals surface area contributed by atoms with Crippen molar-refractivity contribution in [1.29, 1.82) is 0 Å². The number of fused-ring (bicyclic) bond motifs is 1. The molecular weight excluding hydrogens is 538 g/mol. The molecule has 2 aromatic rings. The Labute approximate surface area is 135 Å². The van der Waals surface area contributed by atoms with Crippen molar-refractivity contribution in [2.24, 2.45) is 0 Å². The molecule has 2 aromatic carbocycles. The first-order valence-corrected chi connectivity index (χ1v) is 3.48. The Balaban J connectivity index is -0.000000302. The number of aryl methyl sites for hydroxylation is 1. The number of hydrogen-bond donors (Lipinski definition) is 0. The topological polar surface area (TPSA) is 0 Å². The van der Waals surface area contributed by atoms with Gasteiger partial charge >= 0.3 is 25.8 Å². The molecule has 0 aliphatic heterocycles. The summed E-state index contributed by atoms with van der Waals surface area (Å²) in [6.07, 6.45) is 0. The molecule has 4 heteroatoms. The molecule has 0 unspecified atom stereocenters. The molecular formula is C10H9Br3Hf. The molecule has 2 rings (SSSR count). The Bertz CT molecular complexity index is 324. The van der Waals surface area contributed by atoms with Gasteiger partial charge in [-0.3, -0.25) is 0 Å². The van der Waals surface area contributed by atoms with Crippen LogP contribution in [-0.4, -0.2) is 0 Å². The van der Waals surface area contributed by atoms with Crippen molar-refractivity contribution in [1.82, 2.24) is 0 Å². The largest absolute Gasteiger partial charge is 4.00 e. The van der Waals surface area contributed by atoms with Crippen LogP contribution in [0.25, 0.3) is 10.8 Å². The predicted molar refractivity (Wildman–Crippen MR) is 44.3 cm³/mol. The van der Waals surface area contributed by atoms with E-state index in [1.54, 1.807) is 0 Å². The molecule has 14 heavy (non-hydrogen) atoms. The van der Waals surface area contributed by atoms with Crippen LogP contribution in [0.15, 0.2) is 36.4 Å². The monoisotopic (exact) mass is 546 g/mol. The SMILES string of the molecule is Cc1cc2ccccc2[cH-]1.[Br-].[Br-].[Br-].[Hf+4]. The molecule has 0 N–H and O–H groups in total. The van der Waals surface area contributed by atoms with Crippen molar-refractivity contribution >= 4 is 10.8 Å². The van der Waals surface area contributed by atoms with Crippen LogP contribution in [0.4, 0.5) is 0 Å². The van der Waals surface area contributed by atoms with E-state index >= 15 is 0 Å². The Morgan fingerprint density at radius 3 is 2.14 bits per heavy atom. The van der Waals surface area contributed by atoms with E-state index in [-0.39, 0.29) is 76.8 Å². The maximum Gasteiger partial charge on any atom is 4.00 e. The van der Waals surface area contributed by atoms with Gasteiger partial charge in [-0.05, 0) is 0 Å². The van der Waals surface area contributed by atoms with E-state index in [1.165, 1.54) is 16.3 Å². The van der Waals surface area contributed by atoms with Crippen LogP contribution in [0.5, 0.6) is 0 Å². The van der Waals surface area contributed by atoms with E-state index in [9.17, 15) is 0 Å². The zero-order valence-corrected chi connectivity index (χ0v) is 15.9. The van der Waals surface area contributed by atoms with Crippen molar-refractivity contribution in [2.75, 3.05) is 0 Å². The first-order chi connectivity index (χ1) is 4.86. The molecule has 0 radical (unpaired) electrons. The first kappa shape index (κ1) is 20.5. The third kappa shape index (κ3) is 4.77. The minimum absolute atomic E-state index is 0. The number of rotatable bonds is 0. The van der Waals surface area contributed by atoms with Gasteiger partial charge in [0.05, 0.1) is 0 Å². The molecule has 0 fully saturated rings. The van der Waals surface area contributed by atoms with Crippen LogP contribution in [0.1, 0.15) is 5.56 Å². The maximum absolute atomic E-state index is 2.20. The quantitative estimate of drug-likeness (QED) is 0.228. The fraction of sp³-hybridized carbons (Fsp3) is 0.100. The van der Waals surface area contributed by atoms with Crippen LogP contribution >= 0.6 is 0 Å². The molecule has 0 aliphatic carbocycles. The van der Waals surface area contributed by atoms with Crippen LogP contribution < -0.4 is 50.9 Å². The second-order valence-corrected chi connectivity index (χ2v) is 2.66. The van der Waals surface area contributed by atoms with Gasteiger partial charge < -0.3 is 50.9 Å². The molecule has 0 saturated heterocycles. The molecule has 0 spiro atoms. The fourth-order valence-corrected chi connectivity index (χ4v) is 1.31. The summed E-state index contributed by atoms with van der Waals surface area (Å²) in [5.41, 5.74) is 1.35. The van der Waals surface area contributed by atoms with Crippen LogP contribution in [-0.2, 0) is 25.8 Å². The van der Waals surface area contributed by atoms with Crippen molar-refractivity contribution in [3.05, 3.63) is 42.0 Å². The van der Waals surface area contributed by atoms with Gasteiger partial charge in [0.2, 0.25) is 0 Å².